The zero-order valence-corrected chi connectivity index (χ0v) is 16.7. The number of likely N-dealkylation sites (tertiary alicyclic amines) is 1. The number of hydrogen-bond acceptors (Lipinski definition) is 7. The van der Waals surface area contributed by atoms with Crippen LogP contribution >= 0.6 is 11.6 Å². The Balaban J connectivity index is 1.53. The number of pyridine rings is 1. The van der Waals surface area contributed by atoms with Crippen molar-refractivity contribution in [2.24, 2.45) is 5.73 Å². The summed E-state index contributed by atoms with van der Waals surface area (Å²) in [7, 11) is 0. The highest BCUT2D eigenvalue weighted by Crippen LogP contribution is 2.28. The van der Waals surface area contributed by atoms with Gasteiger partial charge in [0.2, 0.25) is 5.91 Å². The van der Waals surface area contributed by atoms with E-state index < -0.39 is 17.8 Å². The molecule has 0 bridgehead atoms. The van der Waals surface area contributed by atoms with Crippen LogP contribution in [0.15, 0.2) is 24.7 Å². The van der Waals surface area contributed by atoms with E-state index in [9.17, 15) is 14.3 Å². The third-order valence-electron chi connectivity index (χ3n) is 5.09. The molecular formula is C19H21ClFN7O2. The molecule has 1 saturated heterocycles. The molecule has 1 amide bonds. The van der Waals surface area contributed by atoms with Gasteiger partial charge < -0.3 is 21.1 Å². The molecule has 0 aliphatic carbocycles. The van der Waals surface area contributed by atoms with E-state index in [1.165, 1.54) is 6.20 Å². The van der Waals surface area contributed by atoms with Crippen molar-refractivity contribution in [2.45, 2.75) is 25.0 Å². The number of aliphatic hydroxyl groups is 1. The second kappa shape index (κ2) is 8.50. The topological polar surface area (TPSA) is 133 Å². The molecule has 0 aromatic carbocycles. The van der Waals surface area contributed by atoms with E-state index >= 15 is 0 Å². The van der Waals surface area contributed by atoms with Gasteiger partial charge in [0, 0.05) is 42.5 Å². The molecule has 30 heavy (non-hydrogen) atoms. The molecule has 1 aliphatic rings. The molecule has 2 atom stereocenters. The largest absolute Gasteiger partial charge is 0.382 e. The van der Waals surface area contributed by atoms with Gasteiger partial charge in [0.25, 0.3) is 0 Å². The Labute approximate surface area is 176 Å². The number of nitrogens with two attached hydrogens (primary N) is 1. The Morgan fingerprint density at radius 1 is 1.47 bits per heavy atom. The van der Waals surface area contributed by atoms with E-state index in [-0.39, 0.29) is 18.4 Å². The Bertz CT molecular complexity index is 1080. The first-order chi connectivity index (χ1) is 14.4. The van der Waals surface area contributed by atoms with Crippen molar-refractivity contribution < 1.29 is 14.3 Å². The fourth-order valence-corrected chi connectivity index (χ4v) is 3.79. The summed E-state index contributed by atoms with van der Waals surface area (Å²) in [6, 6.07) is 1.65. The van der Waals surface area contributed by atoms with Gasteiger partial charge in [-0.1, -0.05) is 11.6 Å². The average molecular weight is 434 g/mol. The van der Waals surface area contributed by atoms with E-state index in [0.717, 1.165) is 31.0 Å². The summed E-state index contributed by atoms with van der Waals surface area (Å²) in [6.45, 7) is 1.40. The third-order valence-corrected chi connectivity index (χ3v) is 5.30. The number of nitrogens with one attached hydrogen (secondary N) is 2. The van der Waals surface area contributed by atoms with Crippen molar-refractivity contribution in [3.63, 3.8) is 0 Å². The van der Waals surface area contributed by atoms with Crippen LogP contribution in [-0.2, 0) is 4.79 Å². The van der Waals surface area contributed by atoms with Gasteiger partial charge in [-0.05, 0) is 25.5 Å². The van der Waals surface area contributed by atoms with E-state index in [1.807, 2.05) is 4.90 Å². The van der Waals surface area contributed by atoms with Crippen molar-refractivity contribution >= 4 is 34.4 Å². The number of nitrogens with zero attached hydrogens (tertiary/aromatic N) is 4. The minimum atomic E-state index is -1.23. The van der Waals surface area contributed by atoms with E-state index in [1.54, 1.807) is 12.3 Å². The maximum absolute atomic E-state index is 14.4. The first-order valence-electron chi connectivity index (χ1n) is 9.52. The molecule has 3 aromatic heterocycles. The Hall–Kier alpha value is -2.82. The number of H-pyrrole nitrogens is 1. The summed E-state index contributed by atoms with van der Waals surface area (Å²) in [5.41, 5.74) is 6.43. The van der Waals surface area contributed by atoms with Gasteiger partial charge in [0.15, 0.2) is 17.5 Å². The molecule has 1 aliphatic heterocycles. The van der Waals surface area contributed by atoms with Crippen LogP contribution in [0.5, 0.6) is 0 Å². The second-order valence-corrected chi connectivity index (χ2v) is 7.74. The fraction of sp³-hybridized carbons (Fsp3) is 0.368. The molecule has 0 radical (unpaired) electrons. The maximum atomic E-state index is 14.4. The number of carbonyl (C=O) groups excluding carboxylic acids is 1. The second-order valence-electron chi connectivity index (χ2n) is 7.30. The molecular weight excluding hydrogens is 413 g/mol. The van der Waals surface area contributed by atoms with Crippen LogP contribution < -0.4 is 11.1 Å². The minimum Gasteiger partial charge on any atom is -0.382 e. The van der Waals surface area contributed by atoms with Crippen molar-refractivity contribution in [2.75, 3.05) is 25.0 Å². The molecule has 0 saturated carbocycles. The number of fused-ring (bicyclic) bond motifs is 1. The van der Waals surface area contributed by atoms with Gasteiger partial charge in [-0.25, -0.2) is 19.3 Å². The minimum absolute atomic E-state index is 0.0895. The fourth-order valence-electron chi connectivity index (χ4n) is 3.63. The smallest absolute Gasteiger partial charge is 0.247 e. The van der Waals surface area contributed by atoms with Gasteiger partial charge >= 0.3 is 0 Å². The van der Waals surface area contributed by atoms with Crippen molar-refractivity contribution in [3.05, 3.63) is 35.5 Å². The quantitative estimate of drug-likeness (QED) is 0.463. The Morgan fingerprint density at radius 3 is 3.10 bits per heavy atom. The molecule has 11 heteroatoms. The lowest BCUT2D eigenvalue weighted by Gasteiger charge is -2.34. The van der Waals surface area contributed by atoms with Crippen molar-refractivity contribution in [1.29, 1.82) is 0 Å². The number of aliphatic hydroxyl groups excluding tert-OH is 1. The monoisotopic (exact) mass is 433 g/mol. The molecule has 4 heterocycles. The summed E-state index contributed by atoms with van der Waals surface area (Å²) in [5, 5.41) is 14.1. The SMILES string of the molecule is NC(=O)C(O)CN1CCCC(Nc2nc(-c3c[nH]c4ncc(Cl)cc34)ncc2F)C1. The average Bonchev–Trinajstić information content (AvgIpc) is 3.13. The first-order valence-corrected chi connectivity index (χ1v) is 9.90. The van der Waals surface area contributed by atoms with Gasteiger partial charge in [0.05, 0.1) is 11.2 Å². The van der Waals surface area contributed by atoms with Gasteiger partial charge in [0.1, 0.15) is 11.8 Å². The molecule has 4 rings (SSSR count). The van der Waals surface area contributed by atoms with Crippen LogP contribution in [0.25, 0.3) is 22.4 Å². The van der Waals surface area contributed by atoms with Crippen molar-refractivity contribution in [3.8, 4) is 11.4 Å². The summed E-state index contributed by atoms with van der Waals surface area (Å²) in [4.78, 5) is 28.8. The Morgan fingerprint density at radius 2 is 2.30 bits per heavy atom. The molecule has 2 unspecified atom stereocenters. The van der Waals surface area contributed by atoms with Crippen LogP contribution in [0.4, 0.5) is 10.2 Å². The lowest BCUT2D eigenvalue weighted by molar-refractivity contribution is -0.127. The normalized spacial score (nSPS) is 18.4. The van der Waals surface area contributed by atoms with Gasteiger partial charge in [-0.15, -0.1) is 0 Å². The zero-order chi connectivity index (χ0) is 21.3. The maximum Gasteiger partial charge on any atom is 0.247 e. The number of β-amino-alcohol motifs (C(OH)–C–C–N with tert-alkyl or cyclic N) is 1. The molecule has 158 valence electrons. The van der Waals surface area contributed by atoms with Crippen LogP contribution in [0.3, 0.4) is 0 Å². The molecule has 0 spiro atoms. The third kappa shape index (κ3) is 4.35. The van der Waals surface area contributed by atoms with E-state index in [0.29, 0.717) is 28.6 Å². The standard InChI is InChI=1S/C19H21ClFN7O2/c20-10-4-12-13(6-24-17(12)23-5-10)18-25-7-14(21)19(27-18)26-11-2-1-3-28(8-11)9-15(29)16(22)30/h4-7,11,15,29H,1-3,8-9H2,(H2,22,30)(H,23,24)(H,25,26,27). The first kappa shape index (κ1) is 20.5. The summed E-state index contributed by atoms with van der Waals surface area (Å²) >= 11 is 6.05. The molecule has 9 nitrogen and oxygen atoms in total. The summed E-state index contributed by atoms with van der Waals surface area (Å²) in [6.07, 6.45) is 4.77. The predicted molar refractivity (Wildman–Crippen MR) is 110 cm³/mol. The molecule has 5 N–H and O–H groups in total. The number of hydrogen-bond donors (Lipinski definition) is 4. The number of aromatic nitrogens is 4. The van der Waals surface area contributed by atoms with Crippen LogP contribution in [0.1, 0.15) is 12.8 Å². The van der Waals surface area contributed by atoms with Crippen molar-refractivity contribution in [1.82, 2.24) is 24.8 Å². The van der Waals surface area contributed by atoms with Gasteiger partial charge in [-0.3, -0.25) is 9.69 Å². The predicted octanol–water partition coefficient (Wildman–Crippen LogP) is 1.53. The van der Waals surface area contributed by atoms with E-state index in [2.05, 4.69) is 25.3 Å². The summed E-state index contributed by atoms with van der Waals surface area (Å²) < 4.78 is 14.4. The van der Waals surface area contributed by atoms with E-state index in [4.69, 9.17) is 17.3 Å². The van der Waals surface area contributed by atoms with Crippen LogP contribution in [-0.4, -0.2) is 67.6 Å². The highest BCUT2D eigenvalue weighted by atomic mass is 35.5. The number of aromatic amines is 1. The number of amides is 1. The molecule has 3 aromatic rings. The number of halogens is 2. The number of primary amides is 1. The number of anilines is 1. The highest BCUT2D eigenvalue weighted by molar-refractivity contribution is 6.31. The van der Waals surface area contributed by atoms with Crippen LogP contribution in [0.2, 0.25) is 5.02 Å². The number of carbonyl (C=O) groups is 1. The highest BCUT2D eigenvalue weighted by Gasteiger charge is 2.25. The number of piperidine rings is 1. The molecule has 1 fully saturated rings. The van der Waals surface area contributed by atoms with Gasteiger partial charge in [-0.2, -0.15) is 0 Å². The summed E-state index contributed by atoms with van der Waals surface area (Å²) in [5.74, 6) is -0.897. The Kier molecular flexibility index (Phi) is 5.80. The zero-order valence-electron chi connectivity index (χ0n) is 16.0. The van der Waals surface area contributed by atoms with Crippen LogP contribution in [0, 0.1) is 5.82 Å². The lowest BCUT2D eigenvalue weighted by Crippen LogP contribution is -2.47. The number of rotatable bonds is 6. The lowest BCUT2D eigenvalue weighted by atomic mass is 10.1.